The zero-order chi connectivity index (χ0) is 14.9. The summed E-state index contributed by atoms with van der Waals surface area (Å²) in [6.07, 6.45) is 3.14. The van der Waals surface area contributed by atoms with Crippen LogP contribution in [0.2, 0.25) is 0 Å². The molecule has 6 heteroatoms. The van der Waals surface area contributed by atoms with Crippen molar-refractivity contribution in [3.63, 3.8) is 0 Å². The second kappa shape index (κ2) is 5.51. The molecule has 0 aromatic heterocycles. The molecule has 2 atom stereocenters. The van der Waals surface area contributed by atoms with Crippen LogP contribution in [-0.4, -0.2) is 49.6 Å². The Morgan fingerprint density at radius 2 is 1.91 bits per heavy atom. The molecule has 116 valence electrons. The van der Waals surface area contributed by atoms with Crippen LogP contribution in [0, 0.1) is 0 Å². The predicted molar refractivity (Wildman–Crippen MR) is 79.4 cm³/mol. The lowest BCUT2D eigenvalue weighted by atomic mass is 10.0. The molecular weight excluding hydrogens is 284 g/mol. The van der Waals surface area contributed by atoms with Gasteiger partial charge in [0.15, 0.2) is 30.0 Å². The number of fused-ring (bicyclic) bond motifs is 1. The van der Waals surface area contributed by atoms with E-state index in [1.807, 2.05) is 23.1 Å². The van der Waals surface area contributed by atoms with Crippen LogP contribution >= 0.6 is 0 Å². The first-order valence-electron chi connectivity index (χ1n) is 7.68. The van der Waals surface area contributed by atoms with Crippen molar-refractivity contribution in [1.29, 1.82) is 0 Å². The van der Waals surface area contributed by atoms with Gasteiger partial charge in [-0.25, -0.2) is 4.99 Å². The number of carbonyl (C=O) groups is 1. The average molecular weight is 302 g/mol. The molecule has 22 heavy (non-hydrogen) atoms. The SMILES string of the molecule is O=C(C1N=COC1c1ccc2c(c1)OCCO2)N1CCCC1. The van der Waals surface area contributed by atoms with Crippen molar-refractivity contribution in [2.75, 3.05) is 26.3 Å². The second-order valence-electron chi connectivity index (χ2n) is 5.69. The molecule has 3 aliphatic rings. The highest BCUT2D eigenvalue weighted by molar-refractivity contribution is 5.85. The van der Waals surface area contributed by atoms with E-state index in [9.17, 15) is 4.79 Å². The van der Waals surface area contributed by atoms with Crippen LogP contribution in [0.3, 0.4) is 0 Å². The Morgan fingerprint density at radius 1 is 1.14 bits per heavy atom. The van der Waals surface area contributed by atoms with Gasteiger partial charge in [-0.1, -0.05) is 6.07 Å². The summed E-state index contributed by atoms with van der Waals surface area (Å²) in [6, 6.07) is 5.17. The van der Waals surface area contributed by atoms with Crippen LogP contribution in [-0.2, 0) is 9.53 Å². The normalized spacial score (nSPS) is 26.1. The van der Waals surface area contributed by atoms with Gasteiger partial charge >= 0.3 is 0 Å². The van der Waals surface area contributed by atoms with Gasteiger partial charge in [-0.3, -0.25) is 4.79 Å². The summed E-state index contributed by atoms with van der Waals surface area (Å²) < 4.78 is 16.7. The Bertz CT molecular complexity index is 610. The number of amides is 1. The van der Waals surface area contributed by atoms with Gasteiger partial charge in [0.25, 0.3) is 5.91 Å². The first-order valence-corrected chi connectivity index (χ1v) is 7.68. The maximum atomic E-state index is 12.6. The minimum absolute atomic E-state index is 0.0474. The van der Waals surface area contributed by atoms with Gasteiger partial charge in [0.1, 0.15) is 13.2 Å². The highest BCUT2D eigenvalue weighted by Crippen LogP contribution is 2.36. The number of hydrogen-bond donors (Lipinski definition) is 0. The molecule has 0 aliphatic carbocycles. The molecule has 6 nitrogen and oxygen atoms in total. The predicted octanol–water partition coefficient (Wildman–Crippen LogP) is 1.55. The maximum Gasteiger partial charge on any atom is 0.251 e. The number of nitrogens with zero attached hydrogens (tertiary/aromatic N) is 2. The van der Waals surface area contributed by atoms with Crippen molar-refractivity contribution in [3.8, 4) is 11.5 Å². The van der Waals surface area contributed by atoms with Gasteiger partial charge in [-0.15, -0.1) is 0 Å². The molecule has 0 saturated carbocycles. The molecule has 1 aromatic rings. The van der Waals surface area contributed by atoms with Crippen molar-refractivity contribution in [1.82, 2.24) is 4.90 Å². The first-order chi connectivity index (χ1) is 10.8. The highest BCUT2D eigenvalue weighted by Gasteiger charge is 2.37. The van der Waals surface area contributed by atoms with Gasteiger partial charge in [-0.05, 0) is 30.5 Å². The smallest absolute Gasteiger partial charge is 0.251 e. The fraction of sp³-hybridized carbons (Fsp3) is 0.500. The fourth-order valence-electron chi connectivity index (χ4n) is 3.13. The maximum absolute atomic E-state index is 12.6. The third kappa shape index (κ3) is 2.28. The lowest BCUT2D eigenvalue weighted by Crippen LogP contribution is -2.38. The molecule has 0 radical (unpaired) electrons. The summed E-state index contributed by atoms with van der Waals surface area (Å²) in [4.78, 5) is 18.7. The van der Waals surface area contributed by atoms with Crippen molar-refractivity contribution in [3.05, 3.63) is 23.8 Å². The van der Waals surface area contributed by atoms with Crippen molar-refractivity contribution in [2.24, 2.45) is 4.99 Å². The van der Waals surface area contributed by atoms with E-state index in [0.29, 0.717) is 19.0 Å². The van der Waals surface area contributed by atoms with Gasteiger partial charge < -0.3 is 19.1 Å². The number of ether oxygens (including phenoxy) is 3. The summed E-state index contributed by atoms with van der Waals surface area (Å²) in [5, 5.41) is 0. The molecule has 4 rings (SSSR count). The molecule has 1 amide bonds. The summed E-state index contributed by atoms with van der Waals surface area (Å²) in [5.74, 6) is 1.48. The number of carbonyl (C=O) groups excluding carboxylic acids is 1. The van der Waals surface area contributed by atoms with Gasteiger partial charge in [0.05, 0.1) is 0 Å². The molecule has 1 saturated heterocycles. The summed E-state index contributed by atoms with van der Waals surface area (Å²) >= 11 is 0. The first kappa shape index (κ1) is 13.4. The van der Waals surface area contributed by atoms with Crippen LogP contribution < -0.4 is 9.47 Å². The van der Waals surface area contributed by atoms with E-state index < -0.39 is 6.04 Å². The number of hydrogen-bond acceptors (Lipinski definition) is 5. The quantitative estimate of drug-likeness (QED) is 0.831. The average Bonchev–Trinajstić information content (AvgIpc) is 3.25. The van der Waals surface area contributed by atoms with E-state index in [4.69, 9.17) is 14.2 Å². The van der Waals surface area contributed by atoms with E-state index in [0.717, 1.165) is 37.2 Å². The molecular formula is C16H18N2O4. The van der Waals surface area contributed by atoms with Gasteiger partial charge in [-0.2, -0.15) is 0 Å². The summed E-state index contributed by atoms with van der Waals surface area (Å²) in [6.45, 7) is 2.73. The lowest BCUT2D eigenvalue weighted by Gasteiger charge is -2.24. The Balaban J connectivity index is 1.57. The van der Waals surface area contributed by atoms with E-state index >= 15 is 0 Å². The number of rotatable bonds is 2. The summed E-state index contributed by atoms with van der Waals surface area (Å²) in [5.41, 5.74) is 0.888. The van der Waals surface area contributed by atoms with Crippen LogP contribution in [0.15, 0.2) is 23.2 Å². The van der Waals surface area contributed by atoms with Crippen LogP contribution in [0.1, 0.15) is 24.5 Å². The molecule has 1 aromatic carbocycles. The monoisotopic (exact) mass is 302 g/mol. The summed E-state index contributed by atoms with van der Waals surface area (Å²) in [7, 11) is 0. The standard InChI is InChI=1S/C16H18N2O4/c19-16(18-5-1-2-6-18)14-15(22-10-17-14)11-3-4-12-13(9-11)21-8-7-20-12/h3-4,9-10,14-15H,1-2,5-8H2. The Morgan fingerprint density at radius 3 is 2.73 bits per heavy atom. The van der Waals surface area contributed by atoms with E-state index in [2.05, 4.69) is 4.99 Å². The molecule has 0 N–H and O–H groups in total. The van der Waals surface area contributed by atoms with Crippen molar-refractivity contribution >= 4 is 12.3 Å². The Labute approximate surface area is 128 Å². The van der Waals surface area contributed by atoms with Crippen LogP contribution in [0.5, 0.6) is 11.5 Å². The molecule has 3 heterocycles. The third-order valence-corrected chi connectivity index (χ3v) is 4.28. The minimum Gasteiger partial charge on any atom is -0.486 e. The largest absolute Gasteiger partial charge is 0.486 e. The third-order valence-electron chi connectivity index (χ3n) is 4.28. The molecule has 3 aliphatic heterocycles. The number of benzene rings is 1. The van der Waals surface area contributed by atoms with Crippen LogP contribution in [0.4, 0.5) is 0 Å². The van der Waals surface area contributed by atoms with E-state index in [1.54, 1.807) is 0 Å². The molecule has 2 unspecified atom stereocenters. The van der Waals surface area contributed by atoms with Gasteiger partial charge in [0, 0.05) is 13.1 Å². The van der Waals surface area contributed by atoms with Crippen molar-refractivity contribution in [2.45, 2.75) is 25.0 Å². The zero-order valence-corrected chi connectivity index (χ0v) is 12.2. The van der Waals surface area contributed by atoms with Gasteiger partial charge in [0.2, 0.25) is 0 Å². The lowest BCUT2D eigenvalue weighted by molar-refractivity contribution is -0.133. The topological polar surface area (TPSA) is 60.4 Å². The Hall–Kier alpha value is -2.24. The molecule has 0 spiro atoms. The second-order valence-corrected chi connectivity index (χ2v) is 5.69. The van der Waals surface area contributed by atoms with E-state index in [1.165, 1.54) is 6.40 Å². The Kier molecular flexibility index (Phi) is 3.36. The van der Waals surface area contributed by atoms with E-state index in [-0.39, 0.29) is 12.0 Å². The van der Waals surface area contributed by atoms with Crippen molar-refractivity contribution < 1.29 is 19.0 Å². The zero-order valence-electron chi connectivity index (χ0n) is 12.2. The fourth-order valence-corrected chi connectivity index (χ4v) is 3.13. The highest BCUT2D eigenvalue weighted by atomic mass is 16.6. The number of likely N-dealkylation sites (tertiary alicyclic amines) is 1. The van der Waals surface area contributed by atoms with Crippen LogP contribution in [0.25, 0.3) is 0 Å². The molecule has 1 fully saturated rings. The minimum atomic E-state index is -0.499. The molecule has 0 bridgehead atoms. The number of aliphatic imine (C=N–C) groups is 1.